The number of likely N-dealkylation sites (tertiary alicyclic amines) is 1. The van der Waals surface area contributed by atoms with Crippen LogP contribution in [0.25, 0.3) is 0 Å². The van der Waals surface area contributed by atoms with E-state index in [0.29, 0.717) is 6.54 Å². The van der Waals surface area contributed by atoms with Crippen molar-refractivity contribution < 1.29 is 12.6 Å². The maximum Gasteiger partial charge on any atom is 0.297 e. The predicted octanol–water partition coefficient (Wildman–Crippen LogP) is 3.22. The van der Waals surface area contributed by atoms with Crippen LogP contribution >= 0.6 is 0 Å². The summed E-state index contributed by atoms with van der Waals surface area (Å²) in [6, 6.07) is 17.0. The molecule has 128 valence electrons. The highest BCUT2D eigenvalue weighted by Crippen LogP contribution is 2.25. The first-order valence-electron chi connectivity index (χ1n) is 8.20. The summed E-state index contributed by atoms with van der Waals surface area (Å²) in [5.74, 6) is 0.175. The van der Waals surface area contributed by atoms with Crippen LogP contribution in [0, 0.1) is 12.8 Å². The SMILES string of the molecule is Cc1ccc(S(=O)(=O)O[C@@H]2CN(Cc3ccccc3)C[C@H]2C)cc1. The smallest absolute Gasteiger partial charge is 0.296 e. The van der Waals surface area contributed by atoms with Crippen molar-refractivity contribution in [1.82, 2.24) is 4.90 Å². The molecule has 2 aromatic carbocycles. The minimum atomic E-state index is -3.72. The third-order valence-corrected chi connectivity index (χ3v) is 5.78. The first kappa shape index (κ1) is 17.1. The molecule has 1 aliphatic heterocycles. The van der Waals surface area contributed by atoms with E-state index in [1.807, 2.05) is 32.0 Å². The minimum Gasteiger partial charge on any atom is -0.296 e. The Bertz CT molecular complexity index is 772. The van der Waals surface area contributed by atoms with Crippen molar-refractivity contribution in [3.63, 3.8) is 0 Å². The van der Waals surface area contributed by atoms with Gasteiger partial charge in [0.15, 0.2) is 0 Å². The van der Waals surface area contributed by atoms with Crippen molar-refractivity contribution in [2.24, 2.45) is 5.92 Å². The molecule has 0 aliphatic carbocycles. The second-order valence-electron chi connectivity index (χ2n) is 6.56. The molecule has 1 saturated heterocycles. The number of hydrogen-bond donors (Lipinski definition) is 0. The number of rotatable bonds is 5. The fourth-order valence-corrected chi connectivity index (χ4v) is 4.21. The minimum absolute atomic E-state index is 0.175. The first-order chi connectivity index (χ1) is 11.4. The van der Waals surface area contributed by atoms with Gasteiger partial charge in [0.2, 0.25) is 0 Å². The van der Waals surface area contributed by atoms with Crippen LogP contribution in [0.4, 0.5) is 0 Å². The van der Waals surface area contributed by atoms with Crippen molar-refractivity contribution >= 4 is 10.1 Å². The lowest BCUT2D eigenvalue weighted by molar-refractivity contribution is 0.180. The van der Waals surface area contributed by atoms with E-state index in [4.69, 9.17) is 4.18 Å². The van der Waals surface area contributed by atoms with Crippen LogP contribution in [0.2, 0.25) is 0 Å². The first-order valence-corrected chi connectivity index (χ1v) is 9.61. The number of aryl methyl sites for hydroxylation is 1. The molecule has 1 aliphatic rings. The standard InChI is InChI=1S/C19H23NO3S/c1-15-8-10-18(11-9-15)24(21,22)23-19-14-20(12-16(19)2)13-17-6-4-3-5-7-17/h3-11,16,19H,12-14H2,1-2H3/t16-,19-/m1/s1. The monoisotopic (exact) mass is 345 g/mol. The quantitative estimate of drug-likeness (QED) is 0.781. The Morgan fingerprint density at radius 3 is 2.38 bits per heavy atom. The Labute approximate surface area is 144 Å². The summed E-state index contributed by atoms with van der Waals surface area (Å²) < 4.78 is 30.5. The predicted molar refractivity (Wildman–Crippen MR) is 94.1 cm³/mol. The average molecular weight is 345 g/mol. The molecule has 0 aromatic heterocycles. The highest BCUT2D eigenvalue weighted by molar-refractivity contribution is 7.86. The number of benzene rings is 2. The molecule has 0 amide bonds. The van der Waals surface area contributed by atoms with Crippen LogP contribution in [0.3, 0.4) is 0 Å². The van der Waals surface area contributed by atoms with Gasteiger partial charge in [0, 0.05) is 19.6 Å². The van der Waals surface area contributed by atoms with Gasteiger partial charge in [0.05, 0.1) is 11.0 Å². The normalized spacial score (nSPS) is 21.9. The van der Waals surface area contributed by atoms with Crippen molar-refractivity contribution in [2.75, 3.05) is 13.1 Å². The number of nitrogens with zero attached hydrogens (tertiary/aromatic N) is 1. The topological polar surface area (TPSA) is 46.6 Å². The van der Waals surface area contributed by atoms with Crippen molar-refractivity contribution in [2.45, 2.75) is 31.4 Å². The number of hydrogen-bond acceptors (Lipinski definition) is 4. The summed E-state index contributed by atoms with van der Waals surface area (Å²) in [6.07, 6.45) is -0.306. The Morgan fingerprint density at radius 2 is 1.71 bits per heavy atom. The third-order valence-electron chi connectivity index (χ3n) is 4.43. The molecule has 4 nitrogen and oxygen atoms in total. The zero-order valence-corrected chi connectivity index (χ0v) is 14.9. The van der Waals surface area contributed by atoms with Crippen LogP contribution < -0.4 is 0 Å². The molecule has 5 heteroatoms. The third kappa shape index (κ3) is 4.04. The largest absolute Gasteiger partial charge is 0.297 e. The van der Waals surface area contributed by atoms with E-state index in [0.717, 1.165) is 18.7 Å². The maximum absolute atomic E-state index is 12.5. The van der Waals surface area contributed by atoms with E-state index in [-0.39, 0.29) is 16.9 Å². The van der Waals surface area contributed by atoms with Crippen LogP contribution in [-0.2, 0) is 20.8 Å². The van der Waals surface area contributed by atoms with Gasteiger partial charge < -0.3 is 0 Å². The van der Waals surface area contributed by atoms with Crippen molar-refractivity contribution in [3.8, 4) is 0 Å². The van der Waals surface area contributed by atoms with Gasteiger partial charge >= 0.3 is 0 Å². The molecule has 3 rings (SSSR count). The highest BCUT2D eigenvalue weighted by Gasteiger charge is 2.34. The summed E-state index contributed by atoms with van der Waals surface area (Å²) in [5, 5.41) is 0. The maximum atomic E-state index is 12.5. The Morgan fingerprint density at radius 1 is 1.04 bits per heavy atom. The highest BCUT2D eigenvalue weighted by atomic mass is 32.2. The second-order valence-corrected chi connectivity index (χ2v) is 8.13. The molecule has 0 bridgehead atoms. The molecule has 1 heterocycles. The molecule has 0 unspecified atom stereocenters. The van der Waals surface area contributed by atoms with E-state index in [2.05, 4.69) is 17.0 Å². The Hall–Kier alpha value is -1.69. The van der Waals surface area contributed by atoms with Crippen molar-refractivity contribution in [3.05, 3.63) is 65.7 Å². The van der Waals surface area contributed by atoms with Crippen molar-refractivity contribution in [1.29, 1.82) is 0 Å². The molecule has 0 N–H and O–H groups in total. The van der Waals surface area contributed by atoms with Gasteiger partial charge in [0.1, 0.15) is 0 Å². The lowest BCUT2D eigenvalue weighted by Crippen LogP contribution is -2.26. The Kier molecular flexibility index (Phi) is 5.04. The zero-order chi connectivity index (χ0) is 17.2. The van der Waals surface area contributed by atoms with Crippen LogP contribution in [0.15, 0.2) is 59.5 Å². The summed E-state index contributed by atoms with van der Waals surface area (Å²) in [4.78, 5) is 2.47. The molecule has 0 saturated carbocycles. The van der Waals surface area contributed by atoms with Gasteiger partial charge in [-0.3, -0.25) is 9.08 Å². The van der Waals surface area contributed by atoms with Crippen LogP contribution in [-0.4, -0.2) is 32.5 Å². The van der Waals surface area contributed by atoms with E-state index in [9.17, 15) is 8.42 Å². The van der Waals surface area contributed by atoms with Gasteiger partial charge in [-0.25, -0.2) is 0 Å². The summed E-state index contributed by atoms with van der Waals surface area (Å²) in [7, 11) is -3.72. The molecule has 24 heavy (non-hydrogen) atoms. The van der Waals surface area contributed by atoms with Gasteiger partial charge in [-0.1, -0.05) is 55.0 Å². The van der Waals surface area contributed by atoms with E-state index in [1.165, 1.54) is 5.56 Å². The van der Waals surface area contributed by atoms with Gasteiger partial charge in [-0.15, -0.1) is 0 Å². The fraction of sp³-hybridized carbons (Fsp3) is 0.368. The second kappa shape index (κ2) is 7.05. The van der Waals surface area contributed by atoms with Crippen LogP contribution in [0.1, 0.15) is 18.1 Å². The molecule has 0 radical (unpaired) electrons. The van der Waals surface area contributed by atoms with Crippen LogP contribution in [0.5, 0.6) is 0 Å². The van der Waals surface area contributed by atoms with Gasteiger partial charge in [-0.2, -0.15) is 8.42 Å². The molecular formula is C19H23NO3S. The van der Waals surface area contributed by atoms with E-state index < -0.39 is 10.1 Å². The van der Waals surface area contributed by atoms with E-state index in [1.54, 1.807) is 24.3 Å². The fourth-order valence-electron chi connectivity index (χ4n) is 3.05. The van der Waals surface area contributed by atoms with Gasteiger partial charge in [0.25, 0.3) is 10.1 Å². The van der Waals surface area contributed by atoms with Gasteiger partial charge in [-0.05, 0) is 30.5 Å². The lowest BCUT2D eigenvalue weighted by Gasteiger charge is -2.16. The zero-order valence-electron chi connectivity index (χ0n) is 14.1. The Balaban J connectivity index is 1.66. The molecular weight excluding hydrogens is 322 g/mol. The summed E-state index contributed by atoms with van der Waals surface area (Å²) >= 11 is 0. The summed E-state index contributed by atoms with van der Waals surface area (Å²) in [6.45, 7) is 6.25. The molecule has 2 aromatic rings. The molecule has 0 spiro atoms. The average Bonchev–Trinajstić information content (AvgIpc) is 2.87. The molecule has 2 atom stereocenters. The lowest BCUT2D eigenvalue weighted by atomic mass is 10.1. The van der Waals surface area contributed by atoms with E-state index >= 15 is 0 Å². The summed E-state index contributed by atoms with van der Waals surface area (Å²) in [5.41, 5.74) is 2.25. The molecule has 1 fully saturated rings.